The molecule has 0 amide bonds. The Kier molecular flexibility index (Phi) is 4.81. The number of rotatable bonds is 4. The van der Waals surface area contributed by atoms with Gasteiger partial charge >= 0.3 is 12.1 Å². The highest BCUT2D eigenvalue weighted by atomic mass is 19.4. The highest BCUT2D eigenvalue weighted by Gasteiger charge is 2.67. The number of aliphatic carboxylic acids is 1. The minimum atomic E-state index is -4.28. The Morgan fingerprint density at radius 3 is 2.52 bits per heavy atom. The van der Waals surface area contributed by atoms with Crippen LogP contribution < -0.4 is 4.74 Å². The molecule has 3 unspecified atom stereocenters. The monoisotopic (exact) mass is 405 g/mol. The fourth-order valence-electron chi connectivity index (χ4n) is 4.57. The van der Waals surface area contributed by atoms with Crippen molar-refractivity contribution in [3.05, 3.63) is 65.2 Å². The summed E-state index contributed by atoms with van der Waals surface area (Å²) in [4.78, 5) is 13.4. The maximum atomic E-state index is 12.8. The molecular formula is C22H22F3NO3. The van der Waals surface area contributed by atoms with Gasteiger partial charge in [0.15, 0.2) is 0 Å². The van der Waals surface area contributed by atoms with Crippen molar-refractivity contribution < 1.29 is 27.8 Å². The van der Waals surface area contributed by atoms with E-state index in [1.807, 2.05) is 42.5 Å². The molecule has 1 aliphatic carbocycles. The predicted octanol–water partition coefficient (Wildman–Crippen LogP) is 4.42. The van der Waals surface area contributed by atoms with Gasteiger partial charge in [0.1, 0.15) is 12.4 Å². The van der Waals surface area contributed by atoms with E-state index in [1.165, 1.54) is 4.90 Å². The van der Waals surface area contributed by atoms with Crippen molar-refractivity contribution in [2.75, 3.05) is 19.7 Å². The molecule has 1 fully saturated rings. The number of benzene rings is 2. The van der Waals surface area contributed by atoms with E-state index in [-0.39, 0.29) is 31.5 Å². The van der Waals surface area contributed by atoms with Crippen molar-refractivity contribution in [3.8, 4) is 5.75 Å². The highest BCUT2D eigenvalue weighted by Crippen LogP contribution is 2.70. The Hall–Kier alpha value is -2.54. The maximum absolute atomic E-state index is 12.8. The van der Waals surface area contributed by atoms with Gasteiger partial charge in [0.2, 0.25) is 0 Å². The van der Waals surface area contributed by atoms with Crippen molar-refractivity contribution in [1.82, 2.24) is 4.90 Å². The van der Waals surface area contributed by atoms with Crippen molar-refractivity contribution in [2.24, 2.45) is 5.41 Å². The lowest BCUT2D eigenvalue weighted by atomic mass is 9.99. The molecule has 2 aliphatic rings. The third-order valence-electron chi connectivity index (χ3n) is 6.04. The normalized spacial score (nSPS) is 26.9. The molecule has 0 bridgehead atoms. The number of carboxylic acid groups (broad SMARTS) is 1. The maximum Gasteiger partial charge on any atom is 0.401 e. The molecule has 1 heterocycles. The summed E-state index contributed by atoms with van der Waals surface area (Å²) >= 11 is 0. The smallest absolute Gasteiger partial charge is 0.401 e. The summed E-state index contributed by atoms with van der Waals surface area (Å²) in [5.41, 5.74) is 1.48. The van der Waals surface area contributed by atoms with Crippen LogP contribution in [0.25, 0.3) is 0 Å². The zero-order chi connectivity index (χ0) is 20.8. The molecule has 154 valence electrons. The number of ether oxygens (including phenoxy) is 1. The van der Waals surface area contributed by atoms with E-state index < -0.39 is 24.1 Å². The molecule has 4 rings (SSSR count). The van der Waals surface area contributed by atoms with Gasteiger partial charge in [-0.05, 0) is 24.1 Å². The van der Waals surface area contributed by atoms with E-state index in [0.29, 0.717) is 11.3 Å². The average molecular weight is 405 g/mol. The van der Waals surface area contributed by atoms with Gasteiger partial charge in [0.25, 0.3) is 0 Å². The van der Waals surface area contributed by atoms with E-state index in [1.54, 1.807) is 13.0 Å². The quantitative estimate of drug-likeness (QED) is 0.819. The molecular weight excluding hydrogens is 383 g/mol. The zero-order valence-electron chi connectivity index (χ0n) is 15.9. The summed E-state index contributed by atoms with van der Waals surface area (Å²) in [5.74, 6) is -0.738. The largest absolute Gasteiger partial charge is 0.492 e. The van der Waals surface area contributed by atoms with Crippen LogP contribution in [0.3, 0.4) is 0 Å². The predicted molar refractivity (Wildman–Crippen MR) is 101 cm³/mol. The van der Waals surface area contributed by atoms with Crippen LogP contribution >= 0.6 is 0 Å². The van der Waals surface area contributed by atoms with Gasteiger partial charge in [-0.2, -0.15) is 13.2 Å². The number of hydrogen-bond acceptors (Lipinski definition) is 3. The first-order valence-electron chi connectivity index (χ1n) is 9.53. The van der Waals surface area contributed by atoms with Gasteiger partial charge in [-0.15, -0.1) is 0 Å². The minimum Gasteiger partial charge on any atom is -0.492 e. The topological polar surface area (TPSA) is 49.8 Å². The van der Waals surface area contributed by atoms with Gasteiger partial charge in [0, 0.05) is 30.5 Å². The Labute approximate surface area is 166 Å². The second-order valence-corrected chi connectivity index (χ2v) is 8.00. The standard InChI is InChI=1S/C22H22F3NO3/c1-21(20(27)28)18(14-5-3-2-4-6-14)19(21)15-7-8-17-16(11-15)12-26(9-10-29-17)13-22(23,24)25/h2-8,11,18-19H,9-10,12-13H2,1H3,(H,27,28). The number of nitrogens with zero attached hydrogens (tertiary/aromatic N) is 1. The molecule has 1 saturated carbocycles. The molecule has 0 saturated heterocycles. The summed E-state index contributed by atoms with van der Waals surface area (Å²) in [6.45, 7) is 1.23. The Bertz CT molecular complexity index is 915. The lowest BCUT2D eigenvalue weighted by molar-refractivity contribution is -0.147. The molecule has 7 heteroatoms. The van der Waals surface area contributed by atoms with E-state index >= 15 is 0 Å². The number of alkyl halides is 3. The third-order valence-corrected chi connectivity index (χ3v) is 6.04. The second-order valence-electron chi connectivity index (χ2n) is 8.00. The van der Waals surface area contributed by atoms with Gasteiger partial charge in [0.05, 0.1) is 12.0 Å². The number of carbonyl (C=O) groups is 1. The summed E-state index contributed by atoms with van der Waals surface area (Å²) in [5, 5.41) is 9.87. The summed E-state index contributed by atoms with van der Waals surface area (Å²) in [7, 11) is 0. The van der Waals surface area contributed by atoms with Crippen LogP contribution in [0.1, 0.15) is 35.4 Å². The molecule has 1 N–H and O–H groups in total. The molecule has 1 aliphatic heterocycles. The fourth-order valence-corrected chi connectivity index (χ4v) is 4.57. The Morgan fingerprint density at radius 2 is 1.86 bits per heavy atom. The Balaban J connectivity index is 1.65. The molecule has 29 heavy (non-hydrogen) atoms. The SMILES string of the molecule is CC1(C(=O)O)C(c2ccccc2)C1c1ccc2c(c1)CN(CC(F)(F)F)CCO2. The summed E-state index contributed by atoms with van der Waals surface area (Å²) < 4.78 is 44.2. The molecule has 2 aromatic rings. The fraction of sp³-hybridized carbons (Fsp3) is 0.409. The van der Waals surface area contributed by atoms with Gasteiger partial charge in [-0.25, -0.2) is 0 Å². The zero-order valence-corrected chi connectivity index (χ0v) is 15.9. The first-order chi connectivity index (χ1) is 13.7. The van der Waals surface area contributed by atoms with Crippen LogP contribution in [-0.4, -0.2) is 41.8 Å². The van der Waals surface area contributed by atoms with Crippen LogP contribution in [-0.2, 0) is 11.3 Å². The lowest BCUT2D eigenvalue weighted by Gasteiger charge is -2.21. The lowest BCUT2D eigenvalue weighted by Crippen LogP contribution is -2.35. The minimum absolute atomic E-state index is 0.120. The van der Waals surface area contributed by atoms with Crippen molar-refractivity contribution in [2.45, 2.75) is 31.5 Å². The van der Waals surface area contributed by atoms with E-state index in [2.05, 4.69) is 0 Å². The van der Waals surface area contributed by atoms with Gasteiger partial charge in [-0.3, -0.25) is 9.69 Å². The van der Waals surface area contributed by atoms with Crippen molar-refractivity contribution >= 4 is 5.97 Å². The number of halogens is 3. The molecule has 0 radical (unpaired) electrons. The van der Waals surface area contributed by atoms with Crippen molar-refractivity contribution in [3.63, 3.8) is 0 Å². The van der Waals surface area contributed by atoms with Crippen LogP contribution in [0.4, 0.5) is 13.2 Å². The summed E-state index contributed by atoms with van der Waals surface area (Å²) in [6, 6.07) is 14.9. The first kappa shape index (κ1) is 19.8. The highest BCUT2D eigenvalue weighted by molar-refractivity contribution is 5.83. The van der Waals surface area contributed by atoms with Crippen LogP contribution in [0.5, 0.6) is 5.75 Å². The number of hydrogen-bond donors (Lipinski definition) is 1. The van der Waals surface area contributed by atoms with Crippen LogP contribution in [0.15, 0.2) is 48.5 Å². The van der Waals surface area contributed by atoms with E-state index in [0.717, 1.165) is 11.1 Å². The van der Waals surface area contributed by atoms with Gasteiger partial charge < -0.3 is 9.84 Å². The molecule has 0 spiro atoms. The molecule has 4 nitrogen and oxygen atoms in total. The molecule has 0 aromatic heterocycles. The van der Waals surface area contributed by atoms with E-state index in [4.69, 9.17) is 4.74 Å². The second kappa shape index (κ2) is 7.06. The molecule has 3 atom stereocenters. The Morgan fingerprint density at radius 1 is 1.17 bits per heavy atom. The number of fused-ring (bicyclic) bond motifs is 1. The van der Waals surface area contributed by atoms with E-state index in [9.17, 15) is 23.1 Å². The van der Waals surface area contributed by atoms with Crippen molar-refractivity contribution in [1.29, 1.82) is 0 Å². The van der Waals surface area contributed by atoms with Crippen LogP contribution in [0, 0.1) is 5.41 Å². The first-order valence-corrected chi connectivity index (χ1v) is 9.53. The molecule has 2 aromatic carbocycles. The summed E-state index contributed by atoms with van der Waals surface area (Å²) in [6.07, 6.45) is -4.28. The van der Waals surface area contributed by atoms with Gasteiger partial charge in [-0.1, -0.05) is 42.5 Å². The third kappa shape index (κ3) is 3.71. The van der Waals surface area contributed by atoms with Crippen LogP contribution in [0.2, 0.25) is 0 Å². The average Bonchev–Trinajstić information content (AvgIpc) is 3.33. The number of carboxylic acids is 1.